The average molecular weight is 401 g/mol. The van der Waals surface area contributed by atoms with Crippen molar-refractivity contribution in [1.29, 1.82) is 0 Å². The number of halogens is 1. The molecule has 0 aliphatic heterocycles. The van der Waals surface area contributed by atoms with Gasteiger partial charge in [-0.05, 0) is 42.7 Å². The molecule has 0 saturated heterocycles. The first-order chi connectivity index (χ1) is 14.1. The SMILES string of the molecule is CCc1cccc(C)c1NC(=O)c1cc(-c2ccccc2Cl)nc2ccccc12. The lowest BCUT2D eigenvalue weighted by atomic mass is 10.0. The molecule has 29 heavy (non-hydrogen) atoms. The van der Waals surface area contributed by atoms with Crippen LogP contribution in [0.1, 0.15) is 28.4 Å². The van der Waals surface area contributed by atoms with E-state index in [1.807, 2.05) is 79.7 Å². The maximum absolute atomic E-state index is 13.3. The fourth-order valence-corrected chi connectivity index (χ4v) is 3.79. The zero-order valence-electron chi connectivity index (χ0n) is 16.4. The van der Waals surface area contributed by atoms with Crippen LogP contribution in [0.5, 0.6) is 0 Å². The third-order valence-corrected chi connectivity index (χ3v) is 5.42. The Morgan fingerprint density at radius 1 is 1.00 bits per heavy atom. The minimum absolute atomic E-state index is 0.152. The Balaban J connectivity index is 1.85. The van der Waals surface area contributed by atoms with Crippen LogP contribution in [0.4, 0.5) is 5.69 Å². The Morgan fingerprint density at radius 3 is 2.55 bits per heavy atom. The highest BCUT2D eigenvalue weighted by Gasteiger charge is 2.17. The second-order valence-electron chi connectivity index (χ2n) is 6.97. The van der Waals surface area contributed by atoms with Crippen molar-refractivity contribution in [2.75, 3.05) is 5.32 Å². The Kier molecular flexibility index (Phi) is 5.32. The number of pyridine rings is 1. The van der Waals surface area contributed by atoms with E-state index in [9.17, 15) is 4.79 Å². The van der Waals surface area contributed by atoms with Crippen molar-refractivity contribution < 1.29 is 4.79 Å². The van der Waals surface area contributed by atoms with Gasteiger partial charge in [-0.3, -0.25) is 4.79 Å². The lowest BCUT2D eigenvalue weighted by Crippen LogP contribution is -2.15. The van der Waals surface area contributed by atoms with Crippen molar-refractivity contribution in [2.45, 2.75) is 20.3 Å². The lowest BCUT2D eigenvalue weighted by Gasteiger charge is -2.15. The first kappa shape index (κ1) is 19.2. The third kappa shape index (κ3) is 3.74. The fourth-order valence-electron chi connectivity index (χ4n) is 3.55. The van der Waals surface area contributed by atoms with Crippen LogP contribution in [0.2, 0.25) is 5.02 Å². The third-order valence-electron chi connectivity index (χ3n) is 5.09. The Labute approximate surface area is 175 Å². The van der Waals surface area contributed by atoms with Crippen molar-refractivity contribution in [2.24, 2.45) is 0 Å². The van der Waals surface area contributed by atoms with E-state index in [1.165, 1.54) is 0 Å². The Morgan fingerprint density at radius 2 is 1.76 bits per heavy atom. The molecule has 0 saturated carbocycles. The summed E-state index contributed by atoms with van der Waals surface area (Å²) < 4.78 is 0. The molecule has 3 nitrogen and oxygen atoms in total. The van der Waals surface area contributed by atoms with E-state index in [1.54, 1.807) is 0 Å². The number of nitrogens with one attached hydrogen (secondary N) is 1. The highest BCUT2D eigenvalue weighted by atomic mass is 35.5. The number of nitrogens with zero attached hydrogens (tertiary/aromatic N) is 1. The van der Waals surface area contributed by atoms with E-state index in [0.717, 1.165) is 39.7 Å². The van der Waals surface area contributed by atoms with Crippen LogP contribution in [-0.2, 0) is 6.42 Å². The van der Waals surface area contributed by atoms with Gasteiger partial charge in [0, 0.05) is 21.7 Å². The molecule has 4 rings (SSSR count). The molecule has 0 bridgehead atoms. The number of fused-ring (bicyclic) bond motifs is 1. The van der Waals surface area contributed by atoms with Crippen molar-refractivity contribution >= 4 is 34.1 Å². The molecule has 4 heteroatoms. The maximum Gasteiger partial charge on any atom is 0.256 e. The molecule has 1 amide bonds. The minimum Gasteiger partial charge on any atom is -0.321 e. The molecule has 3 aromatic carbocycles. The number of aromatic nitrogens is 1. The van der Waals surface area contributed by atoms with Gasteiger partial charge in [0.1, 0.15) is 0 Å². The normalized spacial score (nSPS) is 10.9. The summed E-state index contributed by atoms with van der Waals surface area (Å²) in [5.74, 6) is -0.152. The number of carbonyl (C=O) groups is 1. The van der Waals surface area contributed by atoms with Crippen LogP contribution < -0.4 is 5.32 Å². The van der Waals surface area contributed by atoms with Crippen molar-refractivity contribution in [1.82, 2.24) is 4.98 Å². The fraction of sp³-hybridized carbons (Fsp3) is 0.120. The van der Waals surface area contributed by atoms with E-state index in [-0.39, 0.29) is 5.91 Å². The molecular weight excluding hydrogens is 380 g/mol. The molecule has 1 aromatic heterocycles. The Hall–Kier alpha value is -3.17. The monoisotopic (exact) mass is 400 g/mol. The van der Waals surface area contributed by atoms with E-state index < -0.39 is 0 Å². The van der Waals surface area contributed by atoms with Crippen LogP contribution in [0.15, 0.2) is 72.8 Å². The molecule has 0 radical (unpaired) electrons. The lowest BCUT2D eigenvalue weighted by molar-refractivity contribution is 0.102. The van der Waals surface area contributed by atoms with Crippen LogP contribution >= 0.6 is 11.6 Å². The number of hydrogen-bond donors (Lipinski definition) is 1. The van der Waals surface area contributed by atoms with Crippen molar-refractivity contribution in [3.05, 3.63) is 94.5 Å². The quantitative estimate of drug-likeness (QED) is 0.415. The topological polar surface area (TPSA) is 42.0 Å². The molecule has 0 aliphatic rings. The van der Waals surface area contributed by atoms with Gasteiger partial charge in [-0.2, -0.15) is 0 Å². The predicted molar refractivity (Wildman–Crippen MR) is 121 cm³/mol. The predicted octanol–water partition coefficient (Wildman–Crippen LogP) is 6.68. The van der Waals surface area contributed by atoms with Gasteiger partial charge in [-0.15, -0.1) is 0 Å². The number of amides is 1. The number of rotatable bonds is 4. The second-order valence-corrected chi connectivity index (χ2v) is 7.38. The van der Waals surface area contributed by atoms with Gasteiger partial charge in [-0.25, -0.2) is 4.98 Å². The zero-order valence-corrected chi connectivity index (χ0v) is 17.1. The summed E-state index contributed by atoms with van der Waals surface area (Å²) >= 11 is 6.39. The van der Waals surface area contributed by atoms with E-state index in [2.05, 4.69) is 12.2 Å². The zero-order chi connectivity index (χ0) is 20.4. The summed E-state index contributed by atoms with van der Waals surface area (Å²) in [7, 11) is 0. The van der Waals surface area contributed by atoms with Crippen LogP contribution in [0.3, 0.4) is 0 Å². The number of para-hydroxylation sites is 2. The number of anilines is 1. The van der Waals surface area contributed by atoms with E-state index in [0.29, 0.717) is 16.3 Å². The summed E-state index contributed by atoms with van der Waals surface area (Å²) in [6.07, 6.45) is 0.846. The van der Waals surface area contributed by atoms with Crippen molar-refractivity contribution in [3.8, 4) is 11.3 Å². The number of carbonyl (C=O) groups excluding carboxylic acids is 1. The molecule has 4 aromatic rings. The summed E-state index contributed by atoms with van der Waals surface area (Å²) in [5, 5.41) is 4.55. The summed E-state index contributed by atoms with van der Waals surface area (Å²) in [6, 6.07) is 23.1. The maximum atomic E-state index is 13.3. The van der Waals surface area contributed by atoms with Gasteiger partial charge < -0.3 is 5.32 Å². The molecule has 1 heterocycles. The molecule has 0 fully saturated rings. The number of benzene rings is 3. The first-order valence-electron chi connectivity index (χ1n) is 9.63. The summed E-state index contributed by atoms with van der Waals surface area (Å²) in [5.41, 5.74) is 5.86. The van der Waals surface area contributed by atoms with E-state index >= 15 is 0 Å². The smallest absolute Gasteiger partial charge is 0.256 e. The molecule has 1 N–H and O–H groups in total. The molecule has 0 spiro atoms. The largest absolute Gasteiger partial charge is 0.321 e. The van der Waals surface area contributed by atoms with Gasteiger partial charge in [0.25, 0.3) is 5.91 Å². The van der Waals surface area contributed by atoms with Gasteiger partial charge in [0.2, 0.25) is 0 Å². The standard InChI is InChI=1S/C25H21ClN2O/c1-3-17-10-8-9-16(2)24(17)28-25(29)20-15-23(19-12-4-6-13-21(19)26)27-22-14-7-5-11-18(20)22/h4-15H,3H2,1-2H3,(H,28,29). The molecule has 0 atom stereocenters. The molecular formula is C25H21ClN2O. The highest BCUT2D eigenvalue weighted by Crippen LogP contribution is 2.30. The number of aryl methyl sites for hydroxylation is 2. The number of hydrogen-bond acceptors (Lipinski definition) is 2. The van der Waals surface area contributed by atoms with Crippen LogP contribution in [-0.4, -0.2) is 10.9 Å². The van der Waals surface area contributed by atoms with Gasteiger partial charge in [0.05, 0.1) is 16.8 Å². The molecule has 144 valence electrons. The van der Waals surface area contributed by atoms with Crippen molar-refractivity contribution in [3.63, 3.8) is 0 Å². The molecule has 0 aliphatic carbocycles. The van der Waals surface area contributed by atoms with Gasteiger partial charge in [0.15, 0.2) is 0 Å². The van der Waals surface area contributed by atoms with Crippen LogP contribution in [0.25, 0.3) is 22.2 Å². The van der Waals surface area contributed by atoms with Gasteiger partial charge in [-0.1, -0.05) is 73.1 Å². The van der Waals surface area contributed by atoms with Crippen LogP contribution in [0, 0.1) is 6.92 Å². The van der Waals surface area contributed by atoms with Gasteiger partial charge >= 0.3 is 0 Å². The summed E-state index contributed by atoms with van der Waals surface area (Å²) in [6.45, 7) is 4.09. The highest BCUT2D eigenvalue weighted by molar-refractivity contribution is 6.33. The Bertz CT molecular complexity index is 1220. The second kappa shape index (κ2) is 8.06. The van der Waals surface area contributed by atoms with E-state index in [4.69, 9.17) is 16.6 Å². The average Bonchev–Trinajstić information content (AvgIpc) is 2.74. The molecule has 0 unspecified atom stereocenters. The minimum atomic E-state index is -0.152. The summed E-state index contributed by atoms with van der Waals surface area (Å²) in [4.78, 5) is 18.1. The first-order valence-corrected chi connectivity index (χ1v) is 10.0.